The van der Waals surface area contributed by atoms with Gasteiger partial charge in [-0.3, -0.25) is 58.9 Å². The van der Waals surface area contributed by atoms with Crippen LogP contribution < -0.4 is 0 Å². The zero-order valence-corrected chi connectivity index (χ0v) is 29.5. The summed E-state index contributed by atoms with van der Waals surface area (Å²) in [6.45, 7) is 0. The summed E-state index contributed by atoms with van der Waals surface area (Å²) < 4.78 is 239. The first-order valence-electron chi connectivity index (χ1n) is 4.67. The molecular formula is Ca2O28S7V2-10. The van der Waals surface area contributed by atoms with Gasteiger partial charge in [-0.25, -0.2) is 0 Å². The number of hydrogen-bond donors (Lipinski definition) is 0. The van der Waals surface area contributed by atoms with E-state index in [9.17, 15) is 0 Å². The predicted octanol–water partition coefficient (Wildman–Crippen LogP) is -10.1. The molecule has 39 heteroatoms. The van der Waals surface area contributed by atoms with Crippen molar-refractivity contribution in [2.75, 3.05) is 0 Å². The Morgan fingerprint density at radius 1 is 0.205 bits per heavy atom. The molecule has 0 aliphatic rings. The van der Waals surface area contributed by atoms with Crippen LogP contribution in [-0.4, -0.2) is 198 Å². The molecule has 0 heterocycles. The van der Waals surface area contributed by atoms with Gasteiger partial charge in [-0.2, -0.15) is 0 Å². The molecule has 39 heavy (non-hydrogen) atoms. The molecule has 28 nitrogen and oxygen atoms in total. The second-order valence-electron chi connectivity index (χ2n) is 2.86. The summed E-state index contributed by atoms with van der Waals surface area (Å²) >= 11 is 0. The monoisotopic (exact) mass is 853 g/mol. The Morgan fingerprint density at radius 2 is 0.205 bits per heavy atom. The largest absolute Gasteiger partial charge is 2.00 e. The molecule has 0 aliphatic carbocycles. The molecule has 0 aromatic heterocycles. The molecule has 0 aliphatic heterocycles. The molecule has 0 unspecified atom stereocenters. The molecule has 0 rings (SSSR count). The van der Waals surface area contributed by atoms with E-state index in [1.807, 2.05) is 0 Å². The number of rotatable bonds is 0. The fourth-order valence-electron chi connectivity index (χ4n) is 0. The van der Waals surface area contributed by atoms with E-state index in [0.29, 0.717) is 0 Å². The average Bonchev–Trinajstić information content (AvgIpc) is 2.06. The van der Waals surface area contributed by atoms with E-state index in [2.05, 4.69) is 0 Å². The Balaban J connectivity index is -0.0000000256. The van der Waals surface area contributed by atoms with Crippen molar-refractivity contribution in [2.24, 2.45) is 0 Å². The Hall–Kier alpha value is 2.78. The van der Waals surface area contributed by atoms with Crippen LogP contribution in [0.15, 0.2) is 0 Å². The van der Waals surface area contributed by atoms with Crippen molar-refractivity contribution < 1.29 is 160 Å². The smallest absolute Gasteiger partial charge is 0.759 e. The van der Waals surface area contributed by atoms with E-state index in [1.54, 1.807) is 0 Å². The minimum Gasteiger partial charge on any atom is -0.759 e. The Kier molecular flexibility index (Phi) is 60.5. The average molecular weight is 854 g/mol. The summed E-state index contributed by atoms with van der Waals surface area (Å²) in [5, 5.41) is 0. The molecule has 0 aromatic carbocycles. The van der Waals surface area contributed by atoms with Gasteiger partial charge in [0, 0.05) is 110 Å². The second-order valence-corrected chi connectivity index (χ2v) is 8.57. The summed E-state index contributed by atoms with van der Waals surface area (Å²) in [5.41, 5.74) is 0. The van der Waals surface area contributed by atoms with Gasteiger partial charge in [0.25, 0.3) is 0 Å². The molecule has 0 saturated carbocycles. The van der Waals surface area contributed by atoms with Crippen LogP contribution in [0.25, 0.3) is 0 Å². The zero-order valence-electron chi connectivity index (χ0n) is 16.6. The third-order valence-electron chi connectivity index (χ3n) is 0. The van der Waals surface area contributed by atoms with E-state index >= 15 is 0 Å². The van der Waals surface area contributed by atoms with Crippen LogP contribution in [0.5, 0.6) is 0 Å². The van der Waals surface area contributed by atoms with Crippen LogP contribution in [0, 0.1) is 0 Å². The Morgan fingerprint density at radius 3 is 0.205 bits per heavy atom. The van der Waals surface area contributed by atoms with Crippen molar-refractivity contribution in [3.8, 4) is 0 Å². The molecule has 0 saturated heterocycles. The molecule has 234 valence electrons. The van der Waals surface area contributed by atoms with Gasteiger partial charge in [0.1, 0.15) is 0 Å². The van der Waals surface area contributed by atoms with Crippen molar-refractivity contribution >= 4 is 148 Å². The van der Waals surface area contributed by atoms with Crippen molar-refractivity contribution in [2.45, 2.75) is 0 Å². The summed E-state index contributed by atoms with van der Waals surface area (Å²) in [4.78, 5) is 0. The summed E-state index contributed by atoms with van der Waals surface area (Å²) in [7, 11) is -36.2. The van der Waals surface area contributed by atoms with Crippen LogP contribution in [0.1, 0.15) is 0 Å². The third-order valence-corrected chi connectivity index (χ3v) is 0. The Bertz CT molecular complexity index is 925. The number of hydrogen-bond acceptors (Lipinski definition) is 28. The molecular weight excluding hydrogens is 854 g/mol. The van der Waals surface area contributed by atoms with Crippen LogP contribution in [0.3, 0.4) is 0 Å². The SMILES string of the molecule is O=S(=O)([O-])[O-].O=S(=O)([O-])[O-].O=S(=O)([O-])[O-].O=S(=O)([O-])[O-].O=S(=O)([O-])[O-].O=S(=O)([O-])[O-].O=S(=O)([O-])[O-].[Ca+2].[Ca+2].[V].[V]. The van der Waals surface area contributed by atoms with Gasteiger partial charge in [0.05, 0.1) is 0 Å². The quantitative estimate of drug-likeness (QED) is 0.124. The van der Waals surface area contributed by atoms with Crippen LogP contribution in [-0.2, 0) is 110 Å². The molecule has 0 atom stereocenters. The molecule has 2 radical (unpaired) electrons. The van der Waals surface area contributed by atoms with Crippen molar-refractivity contribution in [1.29, 1.82) is 0 Å². The minimum atomic E-state index is -5.17. The zero-order chi connectivity index (χ0) is 31.5. The summed E-state index contributed by atoms with van der Waals surface area (Å²) in [6, 6.07) is 0. The summed E-state index contributed by atoms with van der Waals surface area (Å²) in [5.74, 6) is 0. The topological polar surface area (TPSA) is 562 Å². The van der Waals surface area contributed by atoms with E-state index in [-0.39, 0.29) is 113 Å². The van der Waals surface area contributed by atoms with Crippen molar-refractivity contribution in [3.05, 3.63) is 0 Å². The standard InChI is InChI=1S/2Ca.7H2O4S.2V/c;;7*1-5(2,3)4;;/h;;7*(H2,1,2,3,4);;/q2*+2;;;;;;;;;/p-14. The maximum Gasteiger partial charge on any atom is 2.00 e. The van der Waals surface area contributed by atoms with Crippen molar-refractivity contribution in [3.63, 3.8) is 0 Å². The second kappa shape index (κ2) is 32.2. The van der Waals surface area contributed by atoms with Gasteiger partial charge in [-0.15, -0.1) is 0 Å². The molecule has 0 spiro atoms. The van der Waals surface area contributed by atoms with Crippen LogP contribution >= 0.6 is 0 Å². The first-order valence-corrected chi connectivity index (χ1v) is 14.0. The maximum atomic E-state index is 8.52. The van der Waals surface area contributed by atoms with E-state index in [4.69, 9.17) is 123 Å². The first-order chi connectivity index (χ1) is 14.0. The fourth-order valence-corrected chi connectivity index (χ4v) is 0. The summed E-state index contributed by atoms with van der Waals surface area (Å²) in [6.07, 6.45) is 0. The fraction of sp³-hybridized carbons (Fsp3) is 0. The first kappa shape index (κ1) is 73.3. The molecule has 0 fully saturated rings. The van der Waals surface area contributed by atoms with Crippen molar-refractivity contribution in [1.82, 2.24) is 0 Å². The Labute approximate surface area is 303 Å². The van der Waals surface area contributed by atoms with Gasteiger partial charge in [0.15, 0.2) is 0 Å². The minimum absolute atomic E-state index is 0. The van der Waals surface area contributed by atoms with Gasteiger partial charge < -0.3 is 63.7 Å². The van der Waals surface area contributed by atoms with E-state index < -0.39 is 72.8 Å². The van der Waals surface area contributed by atoms with Crippen LogP contribution in [0.4, 0.5) is 0 Å². The van der Waals surface area contributed by atoms with Crippen LogP contribution in [0.2, 0.25) is 0 Å². The van der Waals surface area contributed by atoms with E-state index in [0.717, 1.165) is 0 Å². The molecule has 0 aromatic rings. The normalized spacial score (nSPS) is 10.4. The van der Waals surface area contributed by atoms with Gasteiger partial charge >= 0.3 is 75.5 Å². The molecule has 0 N–H and O–H groups in total. The van der Waals surface area contributed by atoms with Gasteiger partial charge in [0.2, 0.25) is 0 Å². The van der Waals surface area contributed by atoms with Gasteiger partial charge in [-0.1, -0.05) is 0 Å². The van der Waals surface area contributed by atoms with Gasteiger partial charge in [-0.05, 0) is 0 Å². The predicted molar refractivity (Wildman–Crippen MR) is 84.8 cm³/mol. The maximum absolute atomic E-state index is 8.52. The molecule has 0 bridgehead atoms. The molecule has 0 amide bonds. The van der Waals surface area contributed by atoms with E-state index in [1.165, 1.54) is 0 Å². The third kappa shape index (κ3) is 7940.